The van der Waals surface area contributed by atoms with Crippen LogP contribution in [0.2, 0.25) is 0 Å². The van der Waals surface area contributed by atoms with Crippen molar-refractivity contribution < 1.29 is 9.53 Å². The summed E-state index contributed by atoms with van der Waals surface area (Å²) in [5, 5.41) is 14.2. The Labute approximate surface area is 153 Å². The molecule has 1 saturated heterocycles. The van der Waals surface area contributed by atoms with E-state index in [0.29, 0.717) is 26.2 Å². The summed E-state index contributed by atoms with van der Waals surface area (Å²) >= 11 is 0. The Morgan fingerprint density at radius 3 is 2.96 bits per heavy atom. The number of rotatable bonds is 7. The van der Waals surface area contributed by atoms with Gasteiger partial charge in [-0.25, -0.2) is 0 Å². The predicted octanol–water partition coefficient (Wildman–Crippen LogP) is 0.937. The zero-order valence-corrected chi connectivity index (χ0v) is 14.9. The van der Waals surface area contributed by atoms with Gasteiger partial charge in [0.1, 0.15) is 6.33 Å². The first kappa shape index (κ1) is 19.4. The number of ether oxygens (including phenoxy) is 1. The minimum atomic E-state index is -0.00407. The Morgan fingerprint density at radius 1 is 1.36 bits per heavy atom. The first-order valence-electron chi connectivity index (χ1n) is 8.29. The van der Waals surface area contributed by atoms with Crippen molar-refractivity contribution >= 4 is 18.3 Å². The number of morpholine rings is 1. The predicted molar refractivity (Wildman–Crippen MR) is 96.5 cm³/mol. The SMILES string of the molecule is Cl.O=C(CC1COCCN1)NCc1nncn1CCc1ccccc1. The molecule has 7 nitrogen and oxygen atoms in total. The monoisotopic (exact) mass is 365 g/mol. The van der Waals surface area contributed by atoms with E-state index in [1.165, 1.54) is 5.56 Å². The van der Waals surface area contributed by atoms with E-state index in [1.807, 2.05) is 22.8 Å². The molecule has 1 aliphatic heterocycles. The van der Waals surface area contributed by atoms with Gasteiger partial charge in [-0.1, -0.05) is 30.3 Å². The van der Waals surface area contributed by atoms with Crippen LogP contribution in [0.1, 0.15) is 17.8 Å². The van der Waals surface area contributed by atoms with E-state index in [4.69, 9.17) is 4.74 Å². The lowest BCUT2D eigenvalue weighted by atomic mass is 10.1. The smallest absolute Gasteiger partial charge is 0.222 e. The standard InChI is InChI=1S/C17H23N5O2.ClH/c23-17(10-15-12-24-9-7-18-15)19-11-16-21-20-13-22(16)8-6-14-4-2-1-3-5-14;/h1-5,13,15,18H,6-12H2,(H,19,23);1H. The highest BCUT2D eigenvalue weighted by Gasteiger charge is 2.17. The average Bonchev–Trinajstić information content (AvgIpc) is 3.07. The van der Waals surface area contributed by atoms with E-state index in [-0.39, 0.29) is 24.4 Å². The van der Waals surface area contributed by atoms with Gasteiger partial charge in [-0.15, -0.1) is 22.6 Å². The fourth-order valence-electron chi connectivity index (χ4n) is 2.72. The largest absolute Gasteiger partial charge is 0.378 e. The van der Waals surface area contributed by atoms with Crippen LogP contribution in [0.15, 0.2) is 36.7 Å². The van der Waals surface area contributed by atoms with Crippen LogP contribution >= 0.6 is 12.4 Å². The number of hydrogen-bond acceptors (Lipinski definition) is 5. The fourth-order valence-corrected chi connectivity index (χ4v) is 2.72. The van der Waals surface area contributed by atoms with E-state index in [9.17, 15) is 4.79 Å². The van der Waals surface area contributed by atoms with E-state index >= 15 is 0 Å². The number of nitrogens with zero attached hydrogens (tertiary/aromatic N) is 3. The number of nitrogens with one attached hydrogen (secondary N) is 2. The van der Waals surface area contributed by atoms with Gasteiger partial charge in [-0.05, 0) is 12.0 Å². The average molecular weight is 366 g/mol. The van der Waals surface area contributed by atoms with Crippen molar-refractivity contribution in [1.29, 1.82) is 0 Å². The van der Waals surface area contributed by atoms with Gasteiger partial charge in [-0.2, -0.15) is 0 Å². The number of aryl methyl sites for hydroxylation is 2. The molecule has 1 aliphatic rings. The van der Waals surface area contributed by atoms with Crippen LogP contribution in [0.5, 0.6) is 0 Å². The molecule has 25 heavy (non-hydrogen) atoms. The van der Waals surface area contributed by atoms with E-state index in [1.54, 1.807) is 6.33 Å². The van der Waals surface area contributed by atoms with Crippen molar-refractivity contribution in [3.05, 3.63) is 48.0 Å². The molecule has 3 rings (SSSR count). The van der Waals surface area contributed by atoms with Gasteiger partial charge in [0.2, 0.25) is 5.91 Å². The Balaban J connectivity index is 0.00000225. The topological polar surface area (TPSA) is 81.1 Å². The fraction of sp³-hybridized carbons (Fsp3) is 0.471. The quantitative estimate of drug-likeness (QED) is 0.763. The van der Waals surface area contributed by atoms with Crippen molar-refractivity contribution in [2.75, 3.05) is 19.8 Å². The maximum Gasteiger partial charge on any atom is 0.222 e. The van der Waals surface area contributed by atoms with Crippen LogP contribution in [0, 0.1) is 0 Å². The highest BCUT2D eigenvalue weighted by atomic mass is 35.5. The maximum absolute atomic E-state index is 12.0. The highest BCUT2D eigenvalue weighted by Crippen LogP contribution is 2.04. The summed E-state index contributed by atoms with van der Waals surface area (Å²) in [6, 6.07) is 10.4. The molecular formula is C17H24ClN5O2. The Kier molecular flexibility index (Phi) is 7.84. The third-order valence-electron chi connectivity index (χ3n) is 4.05. The van der Waals surface area contributed by atoms with Crippen molar-refractivity contribution in [2.45, 2.75) is 32.0 Å². The van der Waals surface area contributed by atoms with Crippen LogP contribution in [0.3, 0.4) is 0 Å². The summed E-state index contributed by atoms with van der Waals surface area (Å²) in [5.41, 5.74) is 1.27. The van der Waals surface area contributed by atoms with Gasteiger partial charge in [0.25, 0.3) is 0 Å². The number of amides is 1. The van der Waals surface area contributed by atoms with E-state index in [0.717, 1.165) is 25.3 Å². The zero-order valence-electron chi connectivity index (χ0n) is 14.1. The summed E-state index contributed by atoms with van der Waals surface area (Å²) in [6.07, 6.45) is 3.03. The summed E-state index contributed by atoms with van der Waals surface area (Å²) in [4.78, 5) is 12.0. The first-order chi connectivity index (χ1) is 11.8. The number of benzene rings is 1. The molecule has 1 fully saturated rings. The van der Waals surface area contributed by atoms with Crippen LogP contribution < -0.4 is 10.6 Å². The summed E-state index contributed by atoms with van der Waals surface area (Å²) in [5.74, 6) is 0.766. The number of hydrogen-bond donors (Lipinski definition) is 2. The van der Waals surface area contributed by atoms with Crippen LogP contribution in [-0.4, -0.2) is 46.5 Å². The molecule has 1 unspecified atom stereocenters. The third-order valence-corrected chi connectivity index (χ3v) is 4.05. The number of aromatic nitrogens is 3. The molecule has 1 amide bonds. The van der Waals surface area contributed by atoms with Crippen molar-refractivity contribution in [2.24, 2.45) is 0 Å². The van der Waals surface area contributed by atoms with Gasteiger partial charge in [-0.3, -0.25) is 4.79 Å². The summed E-state index contributed by atoms with van der Waals surface area (Å²) in [6.45, 7) is 3.27. The third kappa shape index (κ3) is 6.12. The molecule has 0 aliphatic carbocycles. The minimum Gasteiger partial charge on any atom is -0.378 e. The molecule has 2 heterocycles. The Hall–Kier alpha value is -1.96. The molecule has 2 N–H and O–H groups in total. The number of carbonyl (C=O) groups is 1. The summed E-state index contributed by atoms with van der Waals surface area (Å²) in [7, 11) is 0. The van der Waals surface area contributed by atoms with Gasteiger partial charge in [0.15, 0.2) is 5.82 Å². The second-order valence-electron chi connectivity index (χ2n) is 5.88. The molecule has 0 saturated carbocycles. The van der Waals surface area contributed by atoms with Crippen LogP contribution in [-0.2, 0) is 29.0 Å². The minimum absolute atomic E-state index is 0. The molecule has 0 spiro atoms. The molecule has 0 bridgehead atoms. The molecule has 1 aromatic carbocycles. The van der Waals surface area contributed by atoms with Gasteiger partial charge in [0.05, 0.1) is 19.8 Å². The van der Waals surface area contributed by atoms with Crippen molar-refractivity contribution in [1.82, 2.24) is 25.4 Å². The van der Waals surface area contributed by atoms with E-state index in [2.05, 4.69) is 33.0 Å². The highest BCUT2D eigenvalue weighted by molar-refractivity contribution is 5.85. The first-order valence-corrected chi connectivity index (χ1v) is 8.29. The summed E-state index contributed by atoms with van der Waals surface area (Å²) < 4.78 is 7.34. The molecule has 8 heteroatoms. The number of carbonyl (C=O) groups excluding carboxylic acids is 1. The Morgan fingerprint density at radius 2 is 2.20 bits per heavy atom. The lowest BCUT2D eigenvalue weighted by Gasteiger charge is -2.23. The molecule has 1 atom stereocenters. The Bertz CT molecular complexity index is 643. The van der Waals surface area contributed by atoms with E-state index < -0.39 is 0 Å². The van der Waals surface area contributed by atoms with Gasteiger partial charge >= 0.3 is 0 Å². The number of halogens is 1. The van der Waals surface area contributed by atoms with Crippen LogP contribution in [0.4, 0.5) is 0 Å². The molecular weight excluding hydrogens is 342 g/mol. The van der Waals surface area contributed by atoms with Gasteiger partial charge in [0, 0.05) is 25.6 Å². The van der Waals surface area contributed by atoms with Crippen molar-refractivity contribution in [3.8, 4) is 0 Å². The molecule has 2 aromatic rings. The van der Waals surface area contributed by atoms with Crippen molar-refractivity contribution in [3.63, 3.8) is 0 Å². The molecule has 1 aromatic heterocycles. The lowest BCUT2D eigenvalue weighted by molar-refractivity contribution is -0.122. The second-order valence-corrected chi connectivity index (χ2v) is 5.88. The van der Waals surface area contributed by atoms with Gasteiger partial charge < -0.3 is 19.9 Å². The lowest BCUT2D eigenvalue weighted by Crippen LogP contribution is -2.44. The molecule has 136 valence electrons. The second kappa shape index (κ2) is 10.1. The maximum atomic E-state index is 12.0. The normalized spacial score (nSPS) is 16.9. The van der Waals surface area contributed by atoms with Crippen LogP contribution in [0.25, 0.3) is 0 Å². The zero-order chi connectivity index (χ0) is 16.6. The molecule has 0 radical (unpaired) electrons.